The predicted octanol–water partition coefficient (Wildman–Crippen LogP) is 3.92. The molecule has 3 aromatic rings. The Balaban J connectivity index is 1.90. The van der Waals surface area contributed by atoms with Crippen LogP contribution in [0.1, 0.15) is 35.5 Å². The monoisotopic (exact) mass is 307 g/mol. The van der Waals surface area contributed by atoms with Gasteiger partial charge >= 0.3 is 0 Å². The average Bonchev–Trinajstić information content (AvgIpc) is 2.95. The van der Waals surface area contributed by atoms with Crippen LogP contribution < -0.4 is 0 Å². The van der Waals surface area contributed by atoms with Crippen molar-refractivity contribution in [2.45, 2.75) is 33.4 Å². The first-order valence-corrected chi connectivity index (χ1v) is 7.84. The third-order valence-corrected chi connectivity index (χ3v) is 3.97. The number of aromatic nitrogens is 2. The van der Waals surface area contributed by atoms with E-state index in [1.54, 1.807) is 12.4 Å². The Morgan fingerprint density at radius 2 is 2.09 bits per heavy atom. The molecular formula is C19H21N3O. The van der Waals surface area contributed by atoms with Gasteiger partial charge in [0.2, 0.25) is 0 Å². The van der Waals surface area contributed by atoms with Gasteiger partial charge in [-0.1, -0.05) is 18.2 Å². The van der Waals surface area contributed by atoms with E-state index in [1.807, 2.05) is 49.9 Å². The van der Waals surface area contributed by atoms with Crippen LogP contribution in [0.3, 0.4) is 0 Å². The molecule has 0 aliphatic rings. The molecule has 0 bridgehead atoms. The minimum atomic E-state index is 0.0118. The van der Waals surface area contributed by atoms with Gasteiger partial charge in [-0.15, -0.1) is 0 Å². The van der Waals surface area contributed by atoms with Crippen LogP contribution in [-0.4, -0.2) is 26.8 Å². The lowest BCUT2D eigenvalue weighted by Crippen LogP contribution is -2.36. The number of fused-ring (bicyclic) bond motifs is 1. The highest BCUT2D eigenvalue weighted by atomic mass is 16.2. The summed E-state index contributed by atoms with van der Waals surface area (Å²) < 4.78 is 0. The van der Waals surface area contributed by atoms with Crippen LogP contribution in [0.15, 0.2) is 48.8 Å². The van der Waals surface area contributed by atoms with Gasteiger partial charge in [0.15, 0.2) is 0 Å². The molecule has 0 radical (unpaired) electrons. The molecule has 1 amide bonds. The van der Waals surface area contributed by atoms with Crippen molar-refractivity contribution in [1.82, 2.24) is 14.9 Å². The van der Waals surface area contributed by atoms with Crippen molar-refractivity contribution in [1.29, 1.82) is 0 Å². The van der Waals surface area contributed by atoms with Crippen molar-refractivity contribution in [2.75, 3.05) is 0 Å². The zero-order valence-corrected chi connectivity index (χ0v) is 13.7. The van der Waals surface area contributed by atoms with Gasteiger partial charge in [0.05, 0.1) is 0 Å². The van der Waals surface area contributed by atoms with E-state index in [2.05, 4.69) is 22.1 Å². The molecule has 0 saturated heterocycles. The summed E-state index contributed by atoms with van der Waals surface area (Å²) in [6, 6.07) is 12.1. The molecule has 4 nitrogen and oxygen atoms in total. The number of aryl methyl sites for hydroxylation is 1. The van der Waals surface area contributed by atoms with Crippen LogP contribution in [0.4, 0.5) is 0 Å². The quantitative estimate of drug-likeness (QED) is 0.794. The first kappa shape index (κ1) is 15.3. The van der Waals surface area contributed by atoms with E-state index in [-0.39, 0.29) is 11.9 Å². The summed E-state index contributed by atoms with van der Waals surface area (Å²) in [5, 5.41) is 1.06. The van der Waals surface area contributed by atoms with Gasteiger partial charge < -0.3 is 9.88 Å². The van der Waals surface area contributed by atoms with Crippen molar-refractivity contribution in [2.24, 2.45) is 0 Å². The number of rotatable bonds is 4. The minimum Gasteiger partial charge on any atom is -0.351 e. The molecule has 2 heterocycles. The third kappa shape index (κ3) is 3.26. The molecule has 3 rings (SSSR count). The van der Waals surface area contributed by atoms with Crippen LogP contribution in [0.5, 0.6) is 0 Å². The standard InChI is InChI=1S/C19H21N3O/c1-13(2)22(12-15-5-4-8-20-11-15)19(23)18-10-16-7-6-14(3)9-17(16)21-18/h4-11,13,21H,12H2,1-3H3. The fraction of sp³-hybridized carbons (Fsp3) is 0.263. The van der Waals surface area contributed by atoms with Gasteiger partial charge in [-0.3, -0.25) is 9.78 Å². The van der Waals surface area contributed by atoms with Gasteiger partial charge in [0, 0.05) is 35.9 Å². The normalized spacial score (nSPS) is 11.1. The van der Waals surface area contributed by atoms with Crippen LogP contribution in [0.25, 0.3) is 10.9 Å². The maximum Gasteiger partial charge on any atom is 0.270 e. The maximum absolute atomic E-state index is 12.9. The Morgan fingerprint density at radius 1 is 1.26 bits per heavy atom. The highest BCUT2D eigenvalue weighted by Crippen LogP contribution is 2.19. The van der Waals surface area contributed by atoms with E-state index in [0.29, 0.717) is 12.2 Å². The van der Waals surface area contributed by atoms with E-state index in [0.717, 1.165) is 16.5 Å². The molecule has 0 unspecified atom stereocenters. The molecule has 0 aliphatic heterocycles. The Bertz CT molecular complexity index is 821. The highest BCUT2D eigenvalue weighted by Gasteiger charge is 2.20. The number of pyridine rings is 1. The van der Waals surface area contributed by atoms with E-state index in [1.165, 1.54) is 5.56 Å². The molecule has 1 aromatic carbocycles. The summed E-state index contributed by atoms with van der Waals surface area (Å²) in [5.41, 5.74) is 3.83. The van der Waals surface area contributed by atoms with Gasteiger partial charge in [0.25, 0.3) is 5.91 Å². The summed E-state index contributed by atoms with van der Waals surface area (Å²) in [6.07, 6.45) is 3.54. The Hall–Kier alpha value is -2.62. The number of benzene rings is 1. The van der Waals surface area contributed by atoms with Crippen LogP contribution in [-0.2, 0) is 6.54 Å². The lowest BCUT2D eigenvalue weighted by molar-refractivity contribution is 0.0685. The van der Waals surface area contributed by atoms with Crippen LogP contribution in [0, 0.1) is 6.92 Å². The third-order valence-electron chi connectivity index (χ3n) is 3.97. The summed E-state index contributed by atoms with van der Waals surface area (Å²) in [5.74, 6) is 0.0118. The largest absolute Gasteiger partial charge is 0.351 e. The molecule has 0 saturated carbocycles. The number of nitrogens with one attached hydrogen (secondary N) is 1. The molecular weight excluding hydrogens is 286 g/mol. The van der Waals surface area contributed by atoms with Gasteiger partial charge in [-0.2, -0.15) is 0 Å². The average molecular weight is 307 g/mol. The molecule has 2 aromatic heterocycles. The van der Waals surface area contributed by atoms with Gasteiger partial charge in [-0.25, -0.2) is 0 Å². The van der Waals surface area contributed by atoms with E-state index in [4.69, 9.17) is 0 Å². The van der Waals surface area contributed by atoms with Crippen molar-refractivity contribution in [3.63, 3.8) is 0 Å². The first-order valence-electron chi connectivity index (χ1n) is 7.84. The van der Waals surface area contributed by atoms with Crippen molar-refractivity contribution in [3.8, 4) is 0 Å². The minimum absolute atomic E-state index is 0.0118. The van der Waals surface area contributed by atoms with E-state index in [9.17, 15) is 4.79 Å². The van der Waals surface area contributed by atoms with Crippen LogP contribution in [0.2, 0.25) is 0 Å². The van der Waals surface area contributed by atoms with Crippen molar-refractivity contribution in [3.05, 3.63) is 65.6 Å². The molecule has 0 atom stereocenters. The van der Waals surface area contributed by atoms with Gasteiger partial charge in [0.1, 0.15) is 5.69 Å². The van der Waals surface area contributed by atoms with E-state index < -0.39 is 0 Å². The Labute approximate surface area is 136 Å². The number of hydrogen-bond acceptors (Lipinski definition) is 2. The Kier molecular flexibility index (Phi) is 4.15. The first-order chi connectivity index (χ1) is 11.0. The number of carbonyl (C=O) groups is 1. The zero-order valence-electron chi connectivity index (χ0n) is 13.7. The topological polar surface area (TPSA) is 49.0 Å². The smallest absolute Gasteiger partial charge is 0.270 e. The second-order valence-corrected chi connectivity index (χ2v) is 6.16. The van der Waals surface area contributed by atoms with Gasteiger partial charge in [-0.05, 0) is 50.1 Å². The number of H-pyrrole nitrogens is 1. The maximum atomic E-state index is 12.9. The molecule has 4 heteroatoms. The summed E-state index contributed by atoms with van der Waals surface area (Å²) in [7, 11) is 0. The molecule has 118 valence electrons. The summed E-state index contributed by atoms with van der Waals surface area (Å²) >= 11 is 0. The number of nitrogens with zero attached hydrogens (tertiary/aromatic N) is 2. The SMILES string of the molecule is Cc1ccc2cc(C(=O)N(Cc3cccnc3)C(C)C)[nH]c2c1. The number of carbonyl (C=O) groups excluding carboxylic acids is 1. The Morgan fingerprint density at radius 3 is 2.78 bits per heavy atom. The second kappa shape index (κ2) is 6.24. The molecule has 1 N–H and O–H groups in total. The summed E-state index contributed by atoms with van der Waals surface area (Å²) in [6.45, 7) is 6.66. The van der Waals surface area contributed by atoms with E-state index >= 15 is 0 Å². The fourth-order valence-electron chi connectivity index (χ4n) is 2.69. The number of aromatic amines is 1. The highest BCUT2D eigenvalue weighted by molar-refractivity contribution is 5.98. The predicted molar refractivity (Wildman–Crippen MR) is 92.3 cm³/mol. The second-order valence-electron chi connectivity index (χ2n) is 6.16. The molecule has 0 spiro atoms. The number of hydrogen-bond donors (Lipinski definition) is 1. The number of amides is 1. The zero-order chi connectivity index (χ0) is 16.4. The van der Waals surface area contributed by atoms with Crippen LogP contribution >= 0.6 is 0 Å². The van der Waals surface area contributed by atoms with Crippen molar-refractivity contribution < 1.29 is 4.79 Å². The lowest BCUT2D eigenvalue weighted by Gasteiger charge is -2.26. The lowest BCUT2D eigenvalue weighted by atomic mass is 10.2. The molecule has 0 fully saturated rings. The summed E-state index contributed by atoms with van der Waals surface area (Å²) in [4.78, 5) is 22.2. The molecule has 0 aliphatic carbocycles. The molecule has 23 heavy (non-hydrogen) atoms. The van der Waals surface area contributed by atoms with Crippen molar-refractivity contribution >= 4 is 16.8 Å². The fourth-order valence-corrected chi connectivity index (χ4v) is 2.69.